The molecule has 0 spiro atoms. The van der Waals surface area contributed by atoms with Crippen molar-refractivity contribution in [3.05, 3.63) is 48.6 Å². The van der Waals surface area contributed by atoms with Crippen LogP contribution in [0.5, 0.6) is 0 Å². The molecule has 0 heterocycles. The maximum absolute atomic E-state index is 12.8. The fraction of sp³-hybridized carbons (Fsp3) is 0.823. The Hall–Kier alpha value is -2.63. The van der Waals surface area contributed by atoms with E-state index < -0.39 is 6.10 Å². The molecule has 0 aromatic rings. The molecule has 6 heteroatoms. The first kappa shape index (κ1) is 65.4. The second-order valence-electron chi connectivity index (χ2n) is 19.9. The van der Waals surface area contributed by atoms with E-state index in [4.69, 9.17) is 14.2 Å². The van der Waals surface area contributed by atoms with Gasteiger partial charge in [0, 0.05) is 19.3 Å². The minimum Gasteiger partial charge on any atom is -0.462 e. The zero-order chi connectivity index (χ0) is 49.3. The zero-order valence-corrected chi connectivity index (χ0v) is 45.4. The number of hydrogen-bond donors (Lipinski definition) is 0. The van der Waals surface area contributed by atoms with Crippen LogP contribution in [0.15, 0.2) is 48.6 Å². The molecule has 6 nitrogen and oxygen atoms in total. The molecule has 0 bridgehead atoms. The van der Waals surface area contributed by atoms with Crippen LogP contribution in [0, 0.1) is 0 Å². The van der Waals surface area contributed by atoms with Crippen LogP contribution in [0.4, 0.5) is 0 Å². The van der Waals surface area contributed by atoms with Gasteiger partial charge in [0.15, 0.2) is 6.10 Å². The normalized spacial score (nSPS) is 12.3. The quantitative estimate of drug-likeness (QED) is 0.0262. The Kier molecular flexibility index (Phi) is 54.8. The first-order chi connectivity index (χ1) is 33.5. The highest BCUT2D eigenvalue weighted by atomic mass is 16.6. The average Bonchev–Trinajstić information content (AvgIpc) is 3.34. The predicted molar refractivity (Wildman–Crippen MR) is 293 cm³/mol. The Morgan fingerprint density at radius 3 is 0.897 bits per heavy atom. The molecule has 0 aromatic heterocycles. The Morgan fingerprint density at radius 1 is 0.309 bits per heavy atom. The lowest BCUT2D eigenvalue weighted by Gasteiger charge is -2.18. The van der Waals surface area contributed by atoms with Crippen molar-refractivity contribution in [2.75, 3.05) is 13.2 Å². The monoisotopic (exact) mass is 953 g/mol. The third-order valence-electron chi connectivity index (χ3n) is 13.1. The van der Waals surface area contributed by atoms with Gasteiger partial charge in [0.1, 0.15) is 13.2 Å². The van der Waals surface area contributed by atoms with E-state index >= 15 is 0 Å². The Bertz CT molecular complexity index is 1190. The molecule has 0 aliphatic carbocycles. The maximum Gasteiger partial charge on any atom is 0.306 e. The summed E-state index contributed by atoms with van der Waals surface area (Å²) < 4.78 is 16.8. The van der Waals surface area contributed by atoms with E-state index in [2.05, 4.69) is 63.3 Å². The van der Waals surface area contributed by atoms with Gasteiger partial charge in [0.25, 0.3) is 0 Å². The van der Waals surface area contributed by atoms with E-state index in [0.717, 1.165) is 64.2 Å². The van der Waals surface area contributed by atoms with Crippen LogP contribution >= 0.6 is 0 Å². The highest BCUT2D eigenvalue weighted by molar-refractivity contribution is 5.71. The molecule has 0 aliphatic rings. The van der Waals surface area contributed by atoms with Gasteiger partial charge in [-0.25, -0.2) is 0 Å². The molecule has 0 saturated carbocycles. The van der Waals surface area contributed by atoms with Gasteiger partial charge in [-0.1, -0.05) is 294 Å². The molecule has 396 valence electrons. The van der Waals surface area contributed by atoms with Crippen molar-refractivity contribution in [3.8, 4) is 0 Å². The van der Waals surface area contributed by atoms with E-state index in [-0.39, 0.29) is 37.5 Å². The van der Waals surface area contributed by atoms with Crippen LogP contribution < -0.4 is 0 Å². The number of esters is 3. The number of rotatable bonds is 54. The summed E-state index contributed by atoms with van der Waals surface area (Å²) in [6.07, 6.45) is 69.9. The Balaban J connectivity index is 4.28. The predicted octanol–water partition coefficient (Wildman–Crippen LogP) is 19.8. The summed E-state index contributed by atoms with van der Waals surface area (Å²) in [5.41, 5.74) is 0. The molecule has 1 unspecified atom stereocenters. The molecule has 0 N–H and O–H groups in total. The Morgan fingerprint density at radius 2 is 0.574 bits per heavy atom. The maximum atomic E-state index is 12.8. The number of hydrogen-bond acceptors (Lipinski definition) is 6. The van der Waals surface area contributed by atoms with Crippen molar-refractivity contribution in [1.29, 1.82) is 0 Å². The van der Waals surface area contributed by atoms with Crippen LogP contribution in [-0.2, 0) is 28.6 Å². The molecule has 1 atom stereocenters. The minimum atomic E-state index is -0.797. The SMILES string of the molecule is CC/C=C\C/C=C\C/C=C\C/C=C\CCC(=O)OCC(COC(=O)CCCCCCCCCCCCCCCCCCCCCCCCC)OC(=O)CCCCCCCCCCCCCCCC. The summed E-state index contributed by atoms with van der Waals surface area (Å²) in [7, 11) is 0. The largest absolute Gasteiger partial charge is 0.462 e. The third kappa shape index (κ3) is 54.3. The third-order valence-corrected chi connectivity index (χ3v) is 13.1. The summed E-state index contributed by atoms with van der Waals surface area (Å²) in [4.78, 5) is 38.1. The van der Waals surface area contributed by atoms with Gasteiger partial charge in [-0.3, -0.25) is 14.4 Å². The van der Waals surface area contributed by atoms with Crippen LogP contribution in [0.2, 0.25) is 0 Å². The smallest absolute Gasteiger partial charge is 0.306 e. The molecule has 0 saturated heterocycles. The summed E-state index contributed by atoms with van der Waals surface area (Å²) in [5, 5.41) is 0. The van der Waals surface area contributed by atoms with Crippen molar-refractivity contribution in [2.45, 2.75) is 316 Å². The lowest BCUT2D eigenvalue weighted by molar-refractivity contribution is -0.166. The average molecular weight is 954 g/mol. The van der Waals surface area contributed by atoms with Crippen LogP contribution in [0.25, 0.3) is 0 Å². The van der Waals surface area contributed by atoms with Gasteiger partial charge in [-0.15, -0.1) is 0 Å². The molecule has 0 amide bonds. The number of carbonyl (C=O) groups excluding carboxylic acids is 3. The van der Waals surface area contributed by atoms with Crippen molar-refractivity contribution < 1.29 is 28.6 Å². The Labute approximate surface area is 422 Å². The summed E-state index contributed by atoms with van der Waals surface area (Å²) >= 11 is 0. The number of allylic oxidation sites excluding steroid dienone is 8. The summed E-state index contributed by atoms with van der Waals surface area (Å²) in [6, 6.07) is 0. The number of unbranched alkanes of at least 4 members (excludes halogenated alkanes) is 35. The van der Waals surface area contributed by atoms with Crippen LogP contribution in [0.1, 0.15) is 310 Å². The first-order valence-electron chi connectivity index (χ1n) is 29.6. The van der Waals surface area contributed by atoms with Crippen LogP contribution in [0.3, 0.4) is 0 Å². The molecule has 0 aromatic carbocycles. The highest BCUT2D eigenvalue weighted by Gasteiger charge is 2.19. The first-order valence-corrected chi connectivity index (χ1v) is 29.6. The van der Waals surface area contributed by atoms with Crippen molar-refractivity contribution in [3.63, 3.8) is 0 Å². The molecule has 0 aliphatic heterocycles. The van der Waals surface area contributed by atoms with E-state index in [0.29, 0.717) is 19.3 Å². The number of ether oxygens (including phenoxy) is 3. The van der Waals surface area contributed by atoms with Gasteiger partial charge < -0.3 is 14.2 Å². The zero-order valence-electron chi connectivity index (χ0n) is 45.4. The molecule has 0 fully saturated rings. The minimum absolute atomic E-state index is 0.0905. The van der Waals surface area contributed by atoms with Crippen molar-refractivity contribution in [2.24, 2.45) is 0 Å². The van der Waals surface area contributed by atoms with E-state index in [1.807, 2.05) is 6.08 Å². The fourth-order valence-electron chi connectivity index (χ4n) is 8.69. The van der Waals surface area contributed by atoms with Gasteiger partial charge >= 0.3 is 17.9 Å². The van der Waals surface area contributed by atoms with E-state index in [1.54, 1.807) is 0 Å². The fourth-order valence-corrected chi connectivity index (χ4v) is 8.69. The van der Waals surface area contributed by atoms with E-state index in [9.17, 15) is 14.4 Å². The van der Waals surface area contributed by atoms with E-state index in [1.165, 1.54) is 199 Å². The van der Waals surface area contributed by atoms with Crippen molar-refractivity contribution >= 4 is 17.9 Å². The van der Waals surface area contributed by atoms with Crippen LogP contribution in [-0.4, -0.2) is 37.2 Å². The summed E-state index contributed by atoms with van der Waals surface area (Å²) in [5.74, 6) is -0.959. The molecule has 0 radical (unpaired) electrons. The van der Waals surface area contributed by atoms with Gasteiger partial charge in [0.05, 0.1) is 0 Å². The standard InChI is InChI=1S/C62H112O6/c1-4-7-10-13-16-19-22-25-27-28-29-30-31-32-33-34-35-38-40-43-46-49-52-55-61(64)67-58-59(57-66-60(63)54-51-48-45-42-39-36-24-21-18-15-12-9-6-3)68-62(65)56-53-50-47-44-41-37-26-23-20-17-14-11-8-5-2/h9,12,18,21,36,39,45,48,59H,4-8,10-11,13-17,19-20,22-35,37-38,40-44,46-47,49-58H2,1-3H3/b12-9-,21-18-,39-36-,48-45-. The molecule has 68 heavy (non-hydrogen) atoms. The number of carbonyl (C=O) groups is 3. The van der Waals surface area contributed by atoms with Gasteiger partial charge in [-0.05, 0) is 44.9 Å². The van der Waals surface area contributed by atoms with Gasteiger partial charge in [0.2, 0.25) is 0 Å². The highest BCUT2D eigenvalue weighted by Crippen LogP contribution is 2.17. The topological polar surface area (TPSA) is 78.9 Å². The molecule has 0 rings (SSSR count). The second kappa shape index (κ2) is 57.0. The lowest BCUT2D eigenvalue weighted by Crippen LogP contribution is -2.30. The summed E-state index contributed by atoms with van der Waals surface area (Å²) in [6.45, 7) is 6.50. The second-order valence-corrected chi connectivity index (χ2v) is 19.9. The molecular weight excluding hydrogens is 841 g/mol. The lowest BCUT2D eigenvalue weighted by atomic mass is 10.0. The molecular formula is C62H112O6. The van der Waals surface area contributed by atoms with Gasteiger partial charge in [-0.2, -0.15) is 0 Å². The van der Waals surface area contributed by atoms with Crippen molar-refractivity contribution in [1.82, 2.24) is 0 Å².